The van der Waals surface area contributed by atoms with E-state index in [9.17, 15) is 9.90 Å². The number of aliphatic carboxylic acids is 1. The predicted octanol–water partition coefficient (Wildman–Crippen LogP) is 0.0964. The lowest BCUT2D eigenvalue weighted by atomic mass is 10.2. The van der Waals surface area contributed by atoms with E-state index < -0.39 is 5.97 Å². The molecule has 0 saturated carbocycles. The Morgan fingerprint density at radius 3 is 2.82 bits per heavy atom. The van der Waals surface area contributed by atoms with Gasteiger partial charge in [0.05, 0.1) is 20.3 Å². The van der Waals surface area contributed by atoms with Crippen molar-refractivity contribution in [3.8, 4) is 11.5 Å². The van der Waals surface area contributed by atoms with Gasteiger partial charge >= 0.3 is 0 Å². The van der Waals surface area contributed by atoms with Crippen molar-refractivity contribution in [2.45, 2.75) is 19.4 Å². The van der Waals surface area contributed by atoms with Gasteiger partial charge in [0.1, 0.15) is 11.5 Å². The highest BCUT2D eigenvalue weighted by Crippen LogP contribution is 2.24. The molecule has 0 aliphatic heterocycles. The number of ether oxygens (including phenoxy) is 2. The smallest absolute Gasteiger partial charge is 0.128 e. The van der Waals surface area contributed by atoms with Crippen molar-refractivity contribution in [2.24, 2.45) is 0 Å². The van der Waals surface area contributed by atoms with Gasteiger partial charge < -0.3 is 24.5 Å². The first-order chi connectivity index (χ1) is 8.17. The number of aliphatic hydroxyl groups is 1. The molecule has 0 spiro atoms. The molecule has 0 unspecified atom stereocenters. The molecule has 1 aromatic rings. The third-order valence-electron chi connectivity index (χ3n) is 2.22. The third-order valence-corrected chi connectivity index (χ3v) is 2.22. The van der Waals surface area contributed by atoms with Gasteiger partial charge in [-0.3, -0.25) is 0 Å². The van der Waals surface area contributed by atoms with Crippen LogP contribution in [0.4, 0.5) is 0 Å². The average molecular weight is 239 g/mol. The summed E-state index contributed by atoms with van der Waals surface area (Å²) in [5.74, 6) is 0.0455. The fourth-order valence-corrected chi connectivity index (χ4v) is 1.35. The molecule has 0 bridgehead atoms. The normalized spacial score (nSPS) is 10.0. The van der Waals surface area contributed by atoms with Crippen LogP contribution in [0.5, 0.6) is 11.5 Å². The number of hydrogen-bond acceptors (Lipinski definition) is 5. The van der Waals surface area contributed by atoms with Crippen LogP contribution < -0.4 is 14.6 Å². The standard InChI is InChI=1S/C12H16O5/c1-16-11-7-10(5-4-9(11)8-13)17-6-2-3-12(14)15/h4-5,7,13H,2-3,6,8H2,1H3,(H,14,15)/p-1. The molecule has 5 nitrogen and oxygen atoms in total. The lowest BCUT2D eigenvalue weighted by Gasteiger charge is -2.10. The van der Waals surface area contributed by atoms with E-state index in [0.29, 0.717) is 30.1 Å². The van der Waals surface area contributed by atoms with Gasteiger partial charge in [0.15, 0.2) is 0 Å². The molecule has 0 aromatic heterocycles. The molecule has 17 heavy (non-hydrogen) atoms. The molecule has 1 N–H and O–H groups in total. The van der Waals surface area contributed by atoms with Crippen molar-refractivity contribution < 1.29 is 24.5 Å². The molecule has 1 aromatic carbocycles. The maximum absolute atomic E-state index is 10.2. The number of benzene rings is 1. The minimum Gasteiger partial charge on any atom is -0.550 e. The predicted molar refractivity (Wildman–Crippen MR) is 58.7 cm³/mol. The molecule has 0 aliphatic rings. The van der Waals surface area contributed by atoms with Crippen LogP contribution >= 0.6 is 0 Å². The summed E-state index contributed by atoms with van der Waals surface area (Å²) in [6.07, 6.45) is 0.373. The van der Waals surface area contributed by atoms with Crippen LogP contribution in [0.3, 0.4) is 0 Å². The summed E-state index contributed by atoms with van der Waals surface area (Å²) in [7, 11) is 1.51. The highest BCUT2D eigenvalue weighted by atomic mass is 16.5. The van der Waals surface area contributed by atoms with E-state index in [1.165, 1.54) is 7.11 Å². The third kappa shape index (κ3) is 4.32. The molecule has 0 heterocycles. The highest BCUT2D eigenvalue weighted by Gasteiger charge is 2.03. The van der Waals surface area contributed by atoms with E-state index in [-0.39, 0.29) is 13.0 Å². The summed E-state index contributed by atoms with van der Waals surface area (Å²) in [5, 5.41) is 19.2. The average Bonchev–Trinajstić information content (AvgIpc) is 2.34. The van der Waals surface area contributed by atoms with E-state index in [2.05, 4.69) is 0 Å². The molecule has 1 rings (SSSR count). The Labute approximate surface area is 99.6 Å². The highest BCUT2D eigenvalue weighted by molar-refractivity contribution is 5.64. The number of carboxylic acid groups (broad SMARTS) is 1. The number of methoxy groups -OCH3 is 1. The fraction of sp³-hybridized carbons (Fsp3) is 0.417. The van der Waals surface area contributed by atoms with Gasteiger partial charge in [-0.25, -0.2) is 0 Å². The van der Waals surface area contributed by atoms with E-state index in [0.717, 1.165) is 0 Å². The number of hydrogen-bond donors (Lipinski definition) is 1. The van der Waals surface area contributed by atoms with Crippen LogP contribution in [-0.4, -0.2) is 24.8 Å². The van der Waals surface area contributed by atoms with Crippen molar-refractivity contribution in [1.29, 1.82) is 0 Å². The zero-order chi connectivity index (χ0) is 12.7. The Hall–Kier alpha value is -1.75. The van der Waals surface area contributed by atoms with Gasteiger partial charge in [-0.15, -0.1) is 0 Å². The monoisotopic (exact) mass is 239 g/mol. The second-order valence-electron chi connectivity index (χ2n) is 3.46. The molecule has 0 atom stereocenters. The first-order valence-electron chi connectivity index (χ1n) is 5.27. The van der Waals surface area contributed by atoms with Crippen molar-refractivity contribution in [3.63, 3.8) is 0 Å². The topological polar surface area (TPSA) is 78.8 Å². The Morgan fingerprint density at radius 1 is 1.47 bits per heavy atom. The van der Waals surface area contributed by atoms with Crippen LogP contribution in [0.15, 0.2) is 18.2 Å². The molecular formula is C12H15O5-. The summed E-state index contributed by atoms with van der Waals surface area (Å²) < 4.78 is 10.4. The van der Waals surface area contributed by atoms with Crippen molar-refractivity contribution in [3.05, 3.63) is 23.8 Å². The van der Waals surface area contributed by atoms with Gasteiger partial charge in [-0.1, -0.05) is 0 Å². The van der Waals surface area contributed by atoms with Gasteiger partial charge in [0, 0.05) is 17.6 Å². The SMILES string of the molecule is COc1cc(OCCCC(=O)[O-])ccc1CO. The Balaban J connectivity index is 2.51. The van der Waals surface area contributed by atoms with Crippen molar-refractivity contribution in [1.82, 2.24) is 0 Å². The molecule has 94 valence electrons. The maximum atomic E-state index is 10.2. The molecule has 0 amide bonds. The second kappa shape index (κ2) is 6.75. The van der Waals surface area contributed by atoms with Crippen LogP contribution in [0.25, 0.3) is 0 Å². The van der Waals surface area contributed by atoms with Crippen LogP contribution in [0, 0.1) is 0 Å². The molecule has 0 radical (unpaired) electrons. The number of rotatable bonds is 7. The van der Waals surface area contributed by atoms with Gasteiger partial charge in [-0.2, -0.15) is 0 Å². The molecule has 5 heteroatoms. The first kappa shape index (κ1) is 13.3. The Kier molecular flexibility index (Phi) is 5.29. The van der Waals surface area contributed by atoms with E-state index in [1.807, 2.05) is 0 Å². The van der Waals surface area contributed by atoms with Crippen molar-refractivity contribution in [2.75, 3.05) is 13.7 Å². The summed E-state index contributed by atoms with van der Waals surface area (Å²) in [6, 6.07) is 5.06. The molecular weight excluding hydrogens is 224 g/mol. The lowest BCUT2D eigenvalue weighted by Crippen LogP contribution is -2.22. The summed E-state index contributed by atoms with van der Waals surface area (Å²) >= 11 is 0. The zero-order valence-corrected chi connectivity index (χ0v) is 9.64. The first-order valence-corrected chi connectivity index (χ1v) is 5.27. The number of carbonyl (C=O) groups is 1. The van der Waals surface area contributed by atoms with E-state index in [4.69, 9.17) is 14.6 Å². The minimum absolute atomic E-state index is 0.0220. The number of carbonyl (C=O) groups excluding carboxylic acids is 1. The lowest BCUT2D eigenvalue weighted by molar-refractivity contribution is -0.305. The number of aliphatic hydroxyl groups excluding tert-OH is 1. The summed E-state index contributed by atoms with van der Waals surface area (Å²) in [4.78, 5) is 10.2. The van der Waals surface area contributed by atoms with E-state index >= 15 is 0 Å². The van der Waals surface area contributed by atoms with Gasteiger partial charge in [-0.05, 0) is 25.0 Å². The van der Waals surface area contributed by atoms with Gasteiger partial charge in [0.2, 0.25) is 0 Å². The summed E-state index contributed by atoms with van der Waals surface area (Å²) in [6.45, 7) is 0.198. The maximum Gasteiger partial charge on any atom is 0.128 e. The number of carboxylic acids is 1. The zero-order valence-electron chi connectivity index (χ0n) is 9.64. The van der Waals surface area contributed by atoms with Crippen molar-refractivity contribution >= 4 is 5.97 Å². The molecule has 0 aliphatic carbocycles. The molecule has 0 saturated heterocycles. The van der Waals surface area contributed by atoms with Crippen LogP contribution in [0.1, 0.15) is 18.4 Å². The minimum atomic E-state index is -1.08. The second-order valence-corrected chi connectivity index (χ2v) is 3.46. The largest absolute Gasteiger partial charge is 0.550 e. The Bertz CT molecular complexity index is 375. The molecule has 0 fully saturated rings. The van der Waals surface area contributed by atoms with Crippen LogP contribution in [-0.2, 0) is 11.4 Å². The van der Waals surface area contributed by atoms with E-state index in [1.54, 1.807) is 18.2 Å². The van der Waals surface area contributed by atoms with Crippen LogP contribution in [0.2, 0.25) is 0 Å². The fourth-order valence-electron chi connectivity index (χ4n) is 1.35. The Morgan fingerprint density at radius 2 is 2.24 bits per heavy atom. The quantitative estimate of drug-likeness (QED) is 0.682. The van der Waals surface area contributed by atoms with Gasteiger partial charge in [0.25, 0.3) is 0 Å². The summed E-state index contributed by atoms with van der Waals surface area (Å²) in [5.41, 5.74) is 0.676.